The zero-order valence-corrected chi connectivity index (χ0v) is 13.1. The number of thioether (sulfide) groups is 1. The molecule has 1 heterocycles. The predicted molar refractivity (Wildman–Crippen MR) is 85.1 cm³/mol. The van der Waals surface area contributed by atoms with Gasteiger partial charge in [-0.2, -0.15) is 16.7 Å². The largest absolute Gasteiger partial charge is 0.473 e. The van der Waals surface area contributed by atoms with Gasteiger partial charge in [-0.05, 0) is 50.8 Å². The summed E-state index contributed by atoms with van der Waals surface area (Å²) in [5.41, 5.74) is 6.43. The van der Waals surface area contributed by atoms with Crippen LogP contribution in [0.4, 0.5) is 11.5 Å². The van der Waals surface area contributed by atoms with Crippen molar-refractivity contribution in [2.45, 2.75) is 46.3 Å². The average Bonchev–Trinajstić information content (AvgIpc) is 2.33. The van der Waals surface area contributed by atoms with Crippen LogP contribution in [0.5, 0.6) is 5.88 Å². The SMILES string of the molecule is CCSCCC(C)Nc1ccc(N)c(OC(C)C)n1. The van der Waals surface area contributed by atoms with E-state index in [-0.39, 0.29) is 6.10 Å². The highest BCUT2D eigenvalue weighted by molar-refractivity contribution is 7.99. The maximum atomic E-state index is 5.85. The highest BCUT2D eigenvalue weighted by Gasteiger charge is 2.08. The van der Waals surface area contributed by atoms with Gasteiger partial charge in [-0.1, -0.05) is 6.92 Å². The first-order chi connectivity index (χ1) is 9.02. The van der Waals surface area contributed by atoms with Crippen LogP contribution in [0.25, 0.3) is 0 Å². The van der Waals surface area contributed by atoms with E-state index >= 15 is 0 Å². The minimum atomic E-state index is 0.0726. The van der Waals surface area contributed by atoms with Crippen molar-refractivity contribution in [3.05, 3.63) is 12.1 Å². The van der Waals surface area contributed by atoms with Gasteiger partial charge in [0, 0.05) is 6.04 Å². The van der Waals surface area contributed by atoms with E-state index in [1.807, 2.05) is 37.7 Å². The Kier molecular flexibility index (Phi) is 6.84. The van der Waals surface area contributed by atoms with Crippen molar-refractivity contribution in [2.24, 2.45) is 0 Å². The van der Waals surface area contributed by atoms with Crippen molar-refractivity contribution in [3.63, 3.8) is 0 Å². The van der Waals surface area contributed by atoms with Gasteiger partial charge in [-0.15, -0.1) is 0 Å². The molecule has 0 radical (unpaired) electrons. The van der Waals surface area contributed by atoms with Crippen LogP contribution in [0.15, 0.2) is 12.1 Å². The van der Waals surface area contributed by atoms with E-state index in [1.54, 1.807) is 0 Å². The van der Waals surface area contributed by atoms with Crippen molar-refractivity contribution in [1.29, 1.82) is 0 Å². The number of nitrogen functional groups attached to an aromatic ring is 1. The van der Waals surface area contributed by atoms with E-state index in [0.717, 1.165) is 18.0 Å². The lowest BCUT2D eigenvalue weighted by atomic mass is 10.2. The summed E-state index contributed by atoms with van der Waals surface area (Å²) in [5, 5.41) is 3.38. The van der Waals surface area contributed by atoms with Crippen LogP contribution >= 0.6 is 11.8 Å². The van der Waals surface area contributed by atoms with Gasteiger partial charge in [0.05, 0.1) is 11.8 Å². The van der Waals surface area contributed by atoms with Crippen LogP contribution in [0.2, 0.25) is 0 Å². The molecule has 1 aromatic heterocycles. The molecule has 4 nitrogen and oxygen atoms in total. The number of aromatic nitrogens is 1. The number of hydrogen-bond acceptors (Lipinski definition) is 5. The number of ether oxygens (including phenoxy) is 1. The minimum absolute atomic E-state index is 0.0726. The van der Waals surface area contributed by atoms with Crippen LogP contribution in [0.3, 0.4) is 0 Å². The highest BCUT2D eigenvalue weighted by atomic mass is 32.2. The molecule has 0 aliphatic heterocycles. The maximum absolute atomic E-state index is 5.85. The first kappa shape index (κ1) is 16.0. The summed E-state index contributed by atoms with van der Waals surface area (Å²) in [6.07, 6.45) is 1.19. The second-order valence-electron chi connectivity index (χ2n) is 4.79. The maximum Gasteiger partial charge on any atom is 0.239 e. The normalized spacial score (nSPS) is 12.5. The quantitative estimate of drug-likeness (QED) is 0.716. The molecule has 1 rings (SSSR count). The molecule has 0 aliphatic carbocycles. The standard InChI is InChI=1S/C14H25N3OS/c1-5-19-9-8-11(4)16-13-7-6-12(15)14(17-13)18-10(2)3/h6-7,10-11H,5,8-9,15H2,1-4H3,(H,16,17). The number of rotatable bonds is 8. The molecule has 0 saturated heterocycles. The van der Waals surface area contributed by atoms with Gasteiger partial charge in [0.25, 0.3) is 0 Å². The Balaban J connectivity index is 2.58. The van der Waals surface area contributed by atoms with Crippen LogP contribution in [-0.4, -0.2) is 28.6 Å². The molecular weight excluding hydrogens is 258 g/mol. The van der Waals surface area contributed by atoms with E-state index in [2.05, 4.69) is 24.1 Å². The molecule has 0 aliphatic rings. The molecule has 19 heavy (non-hydrogen) atoms. The Labute approximate surface area is 120 Å². The molecule has 108 valence electrons. The van der Waals surface area contributed by atoms with Gasteiger partial charge < -0.3 is 15.8 Å². The molecule has 1 aromatic rings. The number of hydrogen-bond donors (Lipinski definition) is 2. The second-order valence-corrected chi connectivity index (χ2v) is 6.18. The van der Waals surface area contributed by atoms with Crippen LogP contribution in [0.1, 0.15) is 34.1 Å². The van der Waals surface area contributed by atoms with E-state index < -0.39 is 0 Å². The Morgan fingerprint density at radius 1 is 1.37 bits per heavy atom. The highest BCUT2D eigenvalue weighted by Crippen LogP contribution is 2.22. The van der Waals surface area contributed by atoms with Gasteiger partial charge in [0.15, 0.2) is 0 Å². The smallest absolute Gasteiger partial charge is 0.239 e. The van der Waals surface area contributed by atoms with Crippen LogP contribution < -0.4 is 15.8 Å². The third kappa shape index (κ3) is 6.05. The Bertz CT molecular complexity index is 385. The topological polar surface area (TPSA) is 60.2 Å². The molecule has 1 atom stereocenters. The molecular formula is C14H25N3OS. The van der Waals surface area contributed by atoms with Crippen molar-refractivity contribution in [3.8, 4) is 5.88 Å². The van der Waals surface area contributed by atoms with Gasteiger partial charge >= 0.3 is 0 Å². The molecule has 0 fully saturated rings. The first-order valence-corrected chi connectivity index (χ1v) is 7.95. The van der Waals surface area contributed by atoms with Crippen LogP contribution in [0, 0.1) is 0 Å². The Morgan fingerprint density at radius 3 is 2.74 bits per heavy atom. The molecule has 1 unspecified atom stereocenters. The van der Waals surface area contributed by atoms with E-state index in [4.69, 9.17) is 10.5 Å². The molecule has 0 aromatic carbocycles. The van der Waals surface area contributed by atoms with E-state index in [0.29, 0.717) is 17.6 Å². The molecule has 0 bridgehead atoms. The molecule has 0 spiro atoms. The van der Waals surface area contributed by atoms with Crippen molar-refractivity contribution in [2.75, 3.05) is 22.6 Å². The summed E-state index contributed by atoms with van der Waals surface area (Å²) in [6, 6.07) is 4.12. The summed E-state index contributed by atoms with van der Waals surface area (Å²) in [4.78, 5) is 4.42. The minimum Gasteiger partial charge on any atom is -0.473 e. The molecule has 0 amide bonds. The third-order valence-electron chi connectivity index (χ3n) is 2.53. The Morgan fingerprint density at radius 2 is 2.11 bits per heavy atom. The first-order valence-electron chi connectivity index (χ1n) is 6.80. The number of nitrogens with one attached hydrogen (secondary N) is 1. The predicted octanol–water partition coefficient (Wildman–Crippen LogP) is 3.39. The Hall–Kier alpha value is -1.10. The number of nitrogens with zero attached hydrogens (tertiary/aromatic N) is 1. The second kappa shape index (κ2) is 8.15. The summed E-state index contributed by atoms with van der Waals surface area (Å²) in [6.45, 7) is 8.27. The van der Waals surface area contributed by atoms with E-state index in [1.165, 1.54) is 5.75 Å². The lowest BCUT2D eigenvalue weighted by molar-refractivity contribution is 0.234. The van der Waals surface area contributed by atoms with Gasteiger partial charge in [0.2, 0.25) is 5.88 Å². The van der Waals surface area contributed by atoms with Crippen LogP contribution in [-0.2, 0) is 0 Å². The van der Waals surface area contributed by atoms with Crippen molar-refractivity contribution >= 4 is 23.3 Å². The monoisotopic (exact) mass is 283 g/mol. The van der Waals surface area contributed by atoms with Gasteiger partial charge in [0.1, 0.15) is 5.82 Å². The zero-order valence-electron chi connectivity index (χ0n) is 12.3. The summed E-state index contributed by atoms with van der Waals surface area (Å²) >= 11 is 1.96. The summed E-state index contributed by atoms with van der Waals surface area (Å²) in [5.74, 6) is 3.66. The molecule has 5 heteroatoms. The summed E-state index contributed by atoms with van der Waals surface area (Å²) < 4.78 is 5.59. The fourth-order valence-corrected chi connectivity index (χ4v) is 2.39. The lowest BCUT2D eigenvalue weighted by Gasteiger charge is -2.16. The fourth-order valence-electron chi connectivity index (χ4n) is 1.58. The number of nitrogens with two attached hydrogens (primary N) is 1. The fraction of sp³-hybridized carbons (Fsp3) is 0.643. The molecule has 0 saturated carbocycles. The third-order valence-corrected chi connectivity index (χ3v) is 3.46. The van der Waals surface area contributed by atoms with Crippen molar-refractivity contribution < 1.29 is 4.74 Å². The molecule has 3 N–H and O–H groups in total. The van der Waals surface area contributed by atoms with Gasteiger partial charge in [-0.3, -0.25) is 0 Å². The zero-order chi connectivity index (χ0) is 14.3. The number of pyridine rings is 1. The number of anilines is 2. The lowest BCUT2D eigenvalue weighted by Crippen LogP contribution is -2.17. The average molecular weight is 283 g/mol. The van der Waals surface area contributed by atoms with Gasteiger partial charge in [-0.25, -0.2) is 0 Å². The summed E-state index contributed by atoms with van der Waals surface area (Å²) in [7, 11) is 0. The van der Waals surface area contributed by atoms with Crippen molar-refractivity contribution in [1.82, 2.24) is 4.98 Å². The van der Waals surface area contributed by atoms with E-state index in [9.17, 15) is 0 Å².